The van der Waals surface area contributed by atoms with E-state index < -0.39 is 0 Å². The smallest absolute Gasteiger partial charge is 0.0564 e. The highest BCUT2D eigenvalue weighted by Crippen LogP contribution is 2.29. The zero-order valence-corrected chi connectivity index (χ0v) is 10.6. The fourth-order valence-electron chi connectivity index (χ4n) is 2.44. The highest BCUT2D eigenvalue weighted by Gasteiger charge is 2.28. The fraction of sp³-hybridized carbons (Fsp3) is 0.667. The van der Waals surface area contributed by atoms with Crippen LogP contribution in [0.5, 0.6) is 0 Å². The highest BCUT2D eigenvalue weighted by atomic mass is 32.1. The van der Waals surface area contributed by atoms with Gasteiger partial charge in [-0.25, -0.2) is 0 Å². The average Bonchev–Trinajstić information content (AvgIpc) is 2.92. The Kier molecular flexibility index (Phi) is 4.35. The molecule has 1 saturated heterocycles. The van der Waals surface area contributed by atoms with Crippen molar-refractivity contribution in [2.75, 3.05) is 33.4 Å². The maximum absolute atomic E-state index is 5.90. The van der Waals surface area contributed by atoms with E-state index in [2.05, 4.69) is 22.4 Å². The molecule has 1 fully saturated rings. The number of nitrogens with two attached hydrogens (primary N) is 1. The lowest BCUT2D eigenvalue weighted by atomic mass is 10.1. The number of methoxy groups -OCH3 is 1. The maximum Gasteiger partial charge on any atom is 0.0564 e. The van der Waals surface area contributed by atoms with E-state index in [9.17, 15) is 0 Å². The molecule has 0 amide bonds. The van der Waals surface area contributed by atoms with Gasteiger partial charge in [0.15, 0.2) is 0 Å². The molecular formula is C12H20N2OS. The Labute approximate surface area is 101 Å². The number of nitrogens with zero attached hydrogens (tertiary/aromatic N) is 1. The zero-order valence-electron chi connectivity index (χ0n) is 9.76. The minimum atomic E-state index is 0.404. The first-order valence-electron chi connectivity index (χ1n) is 5.81. The van der Waals surface area contributed by atoms with Crippen molar-refractivity contribution in [3.05, 3.63) is 22.4 Å². The first-order chi connectivity index (χ1) is 7.85. The van der Waals surface area contributed by atoms with Gasteiger partial charge in [-0.05, 0) is 30.3 Å². The molecule has 0 spiro atoms. The number of hydrogen-bond acceptors (Lipinski definition) is 4. The van der Waals surface area contributed by atoms with Crippen LogP contribution in [-0.4, -0.2) is 38.3 Å². The van der Waals surface area contributed by atoms with Crippen molar-refractivity contribution in [3.63, 3.8) is 0 Å². The molecule has 16 heavy (non-hydrogen) atoms. The van der Waals surface area contributed by atoms with E-state index >= 15 is 0 Å². The van der Waals surface area contributed by atoms with Crippen molar-refractivity contribution in [2.24, 2.45) is 11.7 Å². The molecule has 1 aromatic heterocycles. The van der Waals surface area contributed by atoms with Crippen LogP contribution in [0.25, 0.3) is 0 Å². The van der Waals surface area contributed by atoms with Crippen LogP contribution in [0.3, 0.4) is 0 Å². The molecule has 2 rings (SSSR count). The standard InChI is InChI=1S/C12H20N2OS/c1-15-9-10-4-5-14(8-10)11(7-13)12-3-2-6-16-12/h2-3,6,10-11H,4-5,7-9,13H2,1H3. The minimum absolute atomic E-state index is 0.404. The molecule has 90 valence electrons. The molecule has 2 N–H and O–H groups in total. The summed E-state index contributed by atoms with van der Waals surface area (Å²) >= 11 is 1.80. The van der Waals surface area contributed by atoms with E-state index in [0.29, 0.717) is 18.5 Å². The highest BCUT2D eigenvalue weighted by molar-refractivity contribution is 7.10. The third kappa shape index (κ3) is 2.63. The third-order valence-electron chi connectivity index (χ3n) is 3.26. The van der Waals surface area contributed by atoms with Gasteiger partial charge in [-0.3, -0.25) is 4.90 Å². The van der Waals surface area contributed by atoms with Crippen molar-refractivity contribution in [3.8, 4) is 0 Å². The summed E-state index contributed by atoms with van der Waals surface area (Å²) in [6.45, 7) is 3.85. The molecule has 2 unspecified atom stereocenters. The molecule has 0 aromatic carbocycles. The molecule has 0 radical (unpaired) electrons. The summed E-state index contributed by atoms with van der Waals surface area (Å²) in [6.07, 6.45) is 1.23. The summed E-state index contributed by atoms with van der Waals surface area (Å²) in [5.41, 5.74) is 5.90. The van der Waals surface area contributed by atoms with E-state index in [4.69, 9.17) is 10.5 Å². The van der Waals surface area contributed by atoms with Gasteiger partial charge in [-0.1, -0.05) is 6.07 Å². The quantitative estimate of drug-likeness (QED) is 0.851. The van der Waals surface area contributed by atoms with Crippen LogP contribution >= 0.6 is 11.3 Å². The van der Waals surface area contributed by atoms with Gasteiger partial charge in [0.2, 0.25) is 0 Å². The molecule has 2 heterocycles. The summed E-state index contributed by atoms with van der Waals surface area (Å²) in [4.78, 5) is 3.88. The molecule has 1 aromatic rings. The van der Waals surface area contributed by atoms with Gasteiger partial charge >= 0.3 is 0 Å². The van der Waals surface area contributed by atoms with E-state index in [1.807, 2.05) is 0 Å². The van der Waals surface area contributed by atoms with Crippen molar-refractivity contribution < 1.29 is 4.74 Å². The van der Waals surface area contributed by atoms with Gasteiger partial charge in [0.25, 0.3) is 0 Å². The second-order valence-corrected chi connectivity index (χ2v) is 5.35. The minimum Gasteiger partial charge on any atom is -0.384 e. The van der Waals surface area contributed by atoms with E-state index in [1.54, 1.807) is 18.4 Å². The van der Waals surface area contributed by atoms with Crippen LogP contribution in [0.4, 0.5) is 0 Å². The molecule has 0 saturated carbocycles. The molecule has 1 aliphatic rings. The van der Waals surface area contributed by atoms with Crippen LogP contribution in [0.15, 0.2) is 17.5 Å². The Balaban J connectivity index is 1.96. The first-order valence-corrected chi connectivity index (χ1v) is 6.69. The summed E-state index contributed by atoms with van der Waals surface area (Å²) < 4.78 is 5.22. The van der Waals surface area contributed by atoms with Gasteiger partial charge in [0, 0.05) is 25.1 Å². The van der Waals surface area contributed by atoms with E-state index in [-0.39, 0.29) is 0 Å². The van der Waals surface area contributed by atoms with Gasteiger partial charge in [0.1, 0.15) is 0 Å². The largest absolute Gasteiger partial charge is 0.384 e. The SMILES string of the molecule is COCC1CCN(C(CN)c2cccs2)C1. The predicted octanol–water partition coefficient (Wildman–Crippen LogP) is 1.72. The molecular weight excluding hydrogens is 220 g/mol. The normalized spacial score (nSPS) is 23.8. The summed E-state index contributed by atoms with van der Waals surface area (Å²) in [6, 6.07) is 4.69. The molecule has 3 nitrogen and oxygen atoms in total. The summed E-state index contributed by atoms with van der Waals surface area (Å²) in [7, 11) is 1.78. The lowest BCUT2D eigenvalue weighted by Crippen LogP contribution is -2.31. The van der Waals surface area contributed by atoms with Crippen molar-refractivity contribution in [1.82, 2.24) is 4.90 Å². The van der Waals surface area contributed by atoms with Crippen LogP contribution in [-0.2, 0) is 4.74 Å². The van der Waals surface area contributed by atoms with Crippen LogP contribution < -0.4 is 5.73 Å². The Morgan fingerprint density at radius 2 is 2.56 bits per heavy atom. The van der Waals surface area contributed by atoms with E-state index in [0.717, 1.165) is 19.7 Å². The van der Waals surface area contributed by atoms with Gasteiger partial charge in [-0.15, -0.1) is 11.3 Å². The fourth-order valence-corrected chi connectivity index (χ4v) is 3.32. The number of ether oxygens (including phenoxy) is 1. The Morgan fingerprint density at radius 1 is 1.69 bits per heavy atom. The number of thiophene rings is 1. The summed E-state index contributed by atoms with van der Waals surface area (Å²) in [5.74, 6) is 0.680. The Bertz CT molecular complexity index is 302. The second kappa shape index (κ2) is 5.77. The molecule has 0 aliphatic carbocycles. The van der Waals surface area contributed by atoms with Crippen molar-refractivity contribution in [1.29, 1.82) is 0 Å². The number of hydrogen-bond donors (Lipinski definition) is 1. The van der Waals surface area contributed by atoms with Crippen molar-refractivity contribution in [2.45, 2.75) is 12.5 Å². The first kappa shape index (κ1) is 12.0. The third-order valence-corrected chi connectivity index (χ3v) is 4.23. The van der Waals surface area contributed by atoms with Crippen molar-refractivity contribution >= 4 is 11.3 Å². The lowest BCUT2D eigenvalue weighted by Gasteiger charge is -2.25. The second-order valence-electron chi connectivity index (χ2n) is 4.37. The van der Waals surface area contributed by atoms with Gasteiger partial charge < -0.3 is 10.5 Å². The van der Waals surface area contributed by atoms with Crippen LogP contribution in [0, 0.1) is 5.92 Å². The topological polar surface area (TPSA) is 38.5 Å². The van der Waals surface area contributed by atoms with Gasteiger partial charge in [0.05, 0.1) is 12.6 Å². The lowest BCUT2D eigenvalue weighted by molar-refractivity contribution is 0.148. The maximum atomic E-state index is 5.90. The number of rotatable bonds is 5. The molecule has 0 bridgehead atoms. The van der Waals surface area contributed by atoms with Crippen LogP contribution in [0.2, 0.25) is 0 Å². The molecule has 4 heteroatoms. The van der Waals surface area contributed by atoms with Gasteiger partial charge in [-0.2, -0.15) is 0 Å². The average molecular weight is 240 g/mol. The monoisotopic (exact) mass is 240 g/mol. The zero-order chi connectivity index (χ0) is 11.4. The predicted molar refractivity (Wildman–Crippen MR) is 67.7 cm³/mol. The molecule has 2 atom stereocenters. The summed E-state index contributed by atoms with van der Waals surface area (Å²) in [5, 5.41) is 2.13. The Morgan fingerprint density at radius 3 is 3.19 bits per heavy atom. The molecule has 1 aliphatic heterocycles. The van der Waals surface area contributed by atoms with Crippen LogP contribution in [0.1, 0.15) is 17.3 Å². The van der Waals surface area contributed by atoms with E-state index in [1.165, 1.54) is 11.3 Å². The number of likely N-dealkylation sites (tertiary alicyclic amines) is 1. The Hall–Kier alpha value is -0.420.